The summed E-state index contributed by atoms with van der Waals surface area (Å²) in [6.45, 7) is 1.03. The van der Waals surface area contributed by atoms with Gasteiger partial charge in [-0.1, -0.05) is 0 Å². The van der Waals surface area contributed by atoms with Crippen molar-refractivity contribution in [3.8, 4) is 0 Å². The van der Waals surface area contributed by atoms with Gasteiger partial charge in [0.1, 0.15) is 0 Å². The van der Waals surface area contributed by atoms with Gasteiger partial charge in [-0.2, -0.15) is 5.10 Å². The number of aromatic nitrogens is 2. The van der Waals surface area contributed by atoms with Crippen LogP contribution in [0.2, 0.25) is 0 Å². The van der Waals surface area contributed by atoms with Crippen LogP contribution in [0.3, 0.4) is 0 Å². The lowest BCUT2D eigenvalue weighted by Gasteiger charge is -2.09. The van der Waals surface area contributed by atoms with E-state index in [1.165, 1.54) is 5.56 Å². The molecule has 0 bridgehead atoms. The molecular formula is C11H16N4. The lowest BCUT2D eigenvalue weighted by atomic mass is 10.1. The van der Waals surface area contributed by atoms with E-state index >= 15 is 0 Å². The molecule has 2 rings (SSSR count). The minimum absolute atomic E-state index is 0.777. The highest BCUT2D eigenvalue weighted by molar-refractivity contribution is 5.89. The zero-order valence-electron chi connectivity index (χ0n) is 9.12. The maximum atomic E-state index is 5.92. The molecule has 0 aliphatic carbocycles. The van der Waals surface area contributed by atoms with Crippen LogP contribution in [0.4, 0.5) is 5.69 Å². The van der Waals surface area contributed by atoms with Crippen molar-refractivity contribution in [1.82, 2.24) is 15.1 Å². The average Bonchev–Trinajstić information content (AvgIpc) is 2.63. The second-order valence-electron chi connectivity index (χ2n) is 4.07. The van der Waals surface area contributed by atoms with E-state index in [0.29, 0.717) is 0 Å². The number of nitrogens with two attached hydrogens (primary N) is 1. The number of nitrogens with one attached hydrogen (secondary N) is 1. The number of benzene rings is 1. The number of hydrogen-bond acceptors (Lipinski definition) is 3. The maximum Gasteiger partial charge on any atom is 0.0879 e. The Kier molecular flexibility index (Phi) is 2.60. The molecule has 0 fully saturated rings. The van der Waals surface area contributed by atoms with Crippen LogP contribution >= 0.6 is 0 Å². The van der Waals surface area contributed by atoms with E-state index in [9.17, 15) is 0 Å². The van der Waals surface area contributed by atoms with Crippen molar-refractivity contribution in [3.63, 3.8) is 0 Å². The fourth-order valence-electron chi connectivity index (χ4n) is 1.65. The molecule has 0 aliphatic heterocycles. The molecule has 0 unspecified atom stereocenters. The Morgan fingerprint density at radius 3 is 2.93 bits per heavy atom. The first-order chi connectivity index (χ1) is 7.16. The number of hydrogen-bond donors (Lipinski definition) is 2. The molecule has 3 N–H and O–H groups in total. The van der Waals surface area contributed by atoms with Gasteiger partial charge in [-0.25, -0.2) is 0 Å². The summed E-state index contributed by atoms with van der Waals surface area (Å²) in [5.74, 6) is 0. The molecule has 0 spiro atoms. The quantitative estimate of drug-likeness (QED) is 0.740. The monoisotopic (exact) mass is 204 g/mol. The van der Waals surface area contributed by atoms with Crippen molar-refractivity contribution in [2.24, 2.45) is 0 Å². The van der Waals surface area contributed by atoms with Crippen molar-refractivity contribution >= 4 is 16.6 Å². The molecule has 1 aromatic heterocycles. The summed E-state index contributed by atoms with van der Waals surface area (Å²) in [5.41, 5.74) is 8.89. The molecule has 0 radical (unpaired) electrons. The van der Waals surface area contributed by atoms with Crippen LogP contribution in [0.25, 0.3) is 10.9 Å². The van der Waals surface area contributed by atoms with E-state index in [1.807, 2.05) is 12.3 Å². The van der Waals surface area contributed by atoms with Crippen molar-refractivity contribution in [2.45, 2.75) is 6.42 Å². The molecule has 2 aromatic rings. The fraction of sp³-hybridized carbons (Fsp3) is 0.364. The number of likely N-dealkylation sites (N-methyl/N-ethyl adjacent to an activating group) is 1. The minimum Gasteiger partial charge on any atom is -0.397 e. The summed E-state index contributed by atoms with van der Waals surface area (Å²) < 4.78 is 0. The highest BCUT2D eigenvalue weighted by Gasteiger charge is 2.03. The van der Waals surface area contributed by atoms with Crippen molar-refractivity contribution < 1.29 is 0 Å². The summed E-state index contributed by atoms with van der Waals surface area (Å²) in [4.78, 5) is 2.16. The van der Waals surface area contributed by atoms with Crippen LogP contribution in [-0.4, -0.2) is 35.7 Å². The summed E-state index contributed by atoms with van der Waals surface area (Å²) in [5, 5.41) is 7.96. The Morgan fingerprint density at radius 2 is 2.20 bits per heavy atom. The molecule has 0 aliphatic rings. The molecular weight excluding hydrogens is 188 g/mol. The van der Waals surface area contributed by atoms with Gasteiger partial charge in [0.25, 0.3) is 0 Å². The minimum atomic E-state index is 0.777. The largest absolute Gasteiger partial charge is 0.397 e. The van der Waals surface area contributed by atoms with E-state index in [1.54, 1.807) is 0 Å². The number of nitrogens with zero attached hydrogens (tertiary/aromatic N) is 2. The lowest BCUT2D eigenvalue weighted by Crippen LogP contribution is -2.15. The number of fused-ring (bicyclic) bond motifs is 1. The number of aromatic amines is 1. The highest BCUT2D eigenvalue weighted by atomic mass is 15.1. The topological polar surface area (TPSA) is 57.9 Å². The third kappa shape index (κ3) is 2.10. The Morgan fingerprint density at radius 1 is 1.40 bits per heavy atom. The van der Waals surface area contributed by atoms with Crippen LogP contribution in [0.1, 0.15) is 5.56 Å². The molecule has 1 aromatic carbocycles. The molecule has 0 atom stereocenters. The second kappa shape index (κ2) is 3.90. The average molecular weight is 204 g/mol. The van der Waals surface area contributed by atoms with Gasteiger partial charge in [-0.3, -0.25) is 5.10 Å². The number of rotatable bonds is 3. The van der Waals surface area contributed by atoms with E-state index in [4.69, 9.17) is 5.73 Å². The molecule has 80 valence electrons. The third-order valence-corrected chi connectivity index (χ3v) is 2.49. The van der Waals surface area contributed by atoms with Crippen LogP contribution in [0, 0.1) is 0 Å². The Labute approximate surface area is 89.1 Å². The van der Waals surface area contributed by atoms with Crippen LogP contribution in [0.15, 0.2) is 18.3 Å². The van der Waals surface area contributed by atoms with E-state index in [0.717, 1.165) is 29.6 Å². The predicted molar refractivity (Wildman–Crippen MR) is 62.8 cm³/mol. The first-order valence-corrected chi connectivity index (χ1v) is 5.03. The summed E-state index contributed by atoms with van der Waals surface area (Å²) in [6, 6.07) is 4.16. The summed E-state index contributed by atoms with van der Waals surface area (Å²) in [7, 11) is 4.14. The van der Waals surface area contributed by atoms with Gasteiger partial charge in [-0.15, -0.1) is 0 Å². The van der Waals surface area contributed by atoms with Gasteiger partial charge in [-0.05, 0) is 38.2 Å². The van der Waals surface area contributed by atoms with Crippen molar-refractivity contribution in [1.29, 1.82) is 0 Å². The molecule has 0 amide bonds. The number of H-pyrrole nitrogens is 1. The van der Waals surface area contributed by atoms with Gasteiger partial charge in [0.15, 0.2) is 0 Å². The van der Waals surface area contributed by atoms with Gasteiger partial charge < -0.3 is 10.6 Å². The smallest absolute Gasteiger partial charge is 0.0879 e. The normalized spacial score (nSPS) is 11.4. The van der Waals surface area contributed by atoms with Crippen LogP contribution in [-0.2, 0) is 6.42 Å². The van der Waals surface area contributed by atoms with Crippen LogP contribution in [0.5, 0.6) is 0 Å². The molecule has 1 heterocycles. The van der Waals surface area contributed by atoms with Crippen molar-refractivity contribution in [3.05, 3.63) is 23.9 Å². The zero-order chi connectivity index (χ0) is 10.8. The Hall–Kier alpha value is -1.55. The molecule has 4 heteroatoms. The molecule has 15 heavy (non-hydrogen) atoms. The summed E-state index contributed by atoms with van der Waals surface area (Å²) >= 11 is 0. The van der Waals surface area contributed by atoms with Gasteiger partial charge in [0.05, 0.1) is 17.4 Å². The molecule has 0 saturated heterocycles. The van der Waals surface area contributed by atoms with E-state index in [2.05, 4.69) is 35.3 Å². The van der Waals surface area contributed by atoms with E-state index in [-0.39, 0.29) is 0 Å². The predicted octanol–water partition coefficient (Wildman–Crippen LogP) is 1.25. The van der Waals surface area contributed by atoms with Gasteiger partial charge in [0, 0.05) is 11.9 Å². The Bertz CT molecular complexity index is 459. The number of anilines is 1. The van der Waals surface area contributed by atoms with E-state index < -0.39 is 0 Å². The van der Waals surface area contributed by atoms with Crippen LogP contribution < -0.4 is 5.73 Å². The number of nitrogen functional groups attached to an aromatic ring is 1. The second-order valence-corrected chi connectivity index (χ2v) is 4.07. The fourth-order valence-corrected chi connectivity index (χ4v) is 1.65. The molecule has 0 saturated carbocycles. The molecule has 4 nitrogen and oxygen atoms in total. The van der Waals surface area contributed by atoms with Gasteiger partial charge in [0.2, 0.25) is 0 Å². The highest BCUT2D eigenvalue weighted by Crippen LogP contribution is 2.20. The Balaban J connectivity index is 2.28. The van der Waals surface area contributed by atoms with Crippen molar-refractivity contribution in [2.75, 3.05) is 26.4 Å². The third-order valence-electron chi connectivity index (χ3n) is 2.49. The zero-order valence-corrected chi connectivity index (χ0v) is 9.12. The first-order valence-electron chi connectivity index (χ1n) is 5.03. The van der Waals surface area contributed by atoms with Gasteiger partial charge >= 0.3 is 0 Å². The summed E-state index contributed by atoms with van der Waals surface area (Å²) in [6.07, 6.45) is 2.82. The first kappa shape index (κ1) is 9.98. The SMILES string of the molecule is CN(C)CCc1cc(N)c2[nH]ncc2c1. The maximum absolute atomic E-state index is 5.92. The standard InChI is InChI=1S/C11H16N4/c1-15(2)4-3-8-5-9-7-13-14-11(9)10(12)6-8/h5-7H,3-4,12H2,1-2H3,(H,13,14). The lowest BCUT2D eigenvalue weighted by molar-refractivity contribution is 0.414.